The van der Waals surface area contributed by atoms with E-state index in [-0.39, 0.29) is 12.0 Å². The lowest BCUT2D eigenvalue weighted by Crippen LogP contribution is -2.45. The van der Waals surface area contributed by atoms with Gasteiger partial charge in [-0.05, 0) is 12.1 Å². The molecule has 3 rings (SSSR count). The van der Waals surface area contributed by atoms with Gasteiger partial charge in [0, 0.05) is 24.5 Å². The molecule has 1 aliphatic heterocycles. The topological polar surface area (TPSA) is 75.3 Å². The smallest absolute Gasteiger partial charge is 0.238 e. The number of ether oxygens (including phenoxy) is 1. The monoisotopic (exact) mass is 305 g/mol. The fourth-order valence-corrected chi connectivity index (χ4v) is 3.48. The molecular weight excluding hydrogens is 290 g/mol. The zero-order chi connectivity index (χ0) is 15.0. The molecule has 1 saturated heterocycles. The average molecular weight is 305 g/mol. The summed E-state index contributed by atoms with van der Waals surface area (Å²) < 4.78 is 31.8. The molecule has 0 N–H and O–H groups in total. The Labute approximate surface area is 123 Å². The van der Waals surface area contributed by atoms with Crippen molar-refractivity contribution in [2.45, 2.75) is 12.6 Å². The molecule has 2 aromatic rings. The lowest BCUT2D eigenvalue weighted by Gasteiger charge is -2.30. The van der Waals surface area contributed by atoms with Crippen molar-refractivity contribution >= 4 is 20.9 Å². The number of sulfonamides is 1. The van der Waals surface area contributed by atoms with Gasteiger partial charge in [0.2, 0.25) is 10.0 Å². The van der Waals surface area contributed by atoms with Crippen LogP contribution in [-0.2, 0) is 21.3 Å². The number of hydrogen-bond acceptors (Lipinski definition) is 4. The molecule has 1 aliphatic rings. The van der Waals surface area contributed by atoms with Crippen LogP contribution in [0.15, 0.2) is 30.3 Å². The van der Waals surface area contributed by atoms with E-state index in [0.29, 0.717) is 18.8 Å². The number of aromatic nitrogens is 1. The molecular formula is C14H15N3O3S. The van der Waals surface area contributed by atoms with Gasteiger partial charge in [-0.3, -0.25) is 0 Å². The molecule has 1 fully saturated rings. The lowest BCUT2D eigenvalue weighted by molar-refractivity contribution is 0.0422. The summed E-state index contributed by atoms with van der Waals surface area (Å²) in [4.78, 5) is 0. The van der Waals surface area contributed by atoms with Crippen LogP contribution in [-0.4, -0.2) is 42.9 Å². The number of fused-ring (bicyclic) bond motifs is 1. The van der Waals surface area contributed by atoms with Crippen molar-refractivity contribution in [2.75, 3.05) is 19.5 Å². The highest BCUT2D eigenvalue weighted by Gasteiger charge is 2.30. The minimum Gasteiger partial charge on any atom is -0.358 e. The maximum absolute atomic E-state index is 11.6. The minimum atomic E-state index is -3.29. The SMILES string of the molecule is CN1CC(Cn2c(C#N)cc3ccccc32)OCS1(=O)=O. The molecule has 1 aromatic heterocycles. The van der Waals surface area contributed by atoms with Gasteiger partial charge in [0.25, 0.3) is 0 Å². The molecule has 0 radical (unpaired) electrons. The second-order valence-electron chi connectivity index (χ2n) is 5.11. The highest BCUT2D eigenvalue weighted by Crippen LogP contribution is 2.21. The van der Waals surface area contributed by atoms with Gasteiger partial charge in [-0.25, -0.2) is 12.7 Å². The van der Waals surface area contributed by atoms with E-state index in [2.05, 4.69) is 6.07 Å². The number of hydrogen-bond donors (Lipinski definition) is 0. The molecule has 7 heteroatoms. The second kappa shape index (κ2) is 5.15. The Morgan fingerprint density at radius 2 is 2.19 bits per heavy atom. The van der Waals surface area contributed by atoms with Crippen LogP contribution in [0.5, 0.6) is 0 Å². The van der Waals surface area contributed by atoms with Gasteiger partial charge >= 0.3 is 0 Å². The standard InChI is InChI=1S/C14H15N3O3S/c1-16-8-13(20-10-21(16,18)19)9-17-12(7-15)6-11-4-2-3-5-14(11)17/h2-6,13H,8-10H2,1H3. The zero-order valence-electron chi connectivity index (χ0n) is 11.6. The van der Waals surface area contributed by atoms with Crippen LogP contribution in [0.2, 0.25) is 0 Å². The lowest BCUT2D eigenvalue weighted by atomic mass is 10.2. The fourth-order valence-electron chi connectivity index (χ4n) is 2.54. The Morgan fingerprint density at radius 3 is 2.90 bits per heavy atom. The first-order chi connectivity index (χ1) is 10.0. The number of rotatable bonds is 2. The van der Waals surface area contributed by atoms with Crippen LogP contribution in [0.3, 0.4) is 0 Å². The van der Waals surface area contributed by atoms with Gasteiger partial charge in [0.1, 0.15) is 11.8 Å². The van der Waals surface area contributed by atoms with Crippen molar-refractivity contribution in [3.05, 3.63) is 36.0 Å². The molecule has 6 nitrogen and oxygen atoms in total. The quantitative estimate of drug-likeness (QED) is 0.833. The third kappa shape index (κ3) is 2.53. The van der Waals surface area contributed by atoms with Gasteiger partial charge in [-0.15, -0.1) is 0 Å². The van der Waals surface area contributed by atoms with Crippen LogP contribution in [0, 0.1) is 11.3 Å². The average Bonchev–Trinajstić information content (AvgIpc) is 2.81. The van der Waals surface area contributed by atoms with Crippen LogP contribution in [0.1, 0.15) is 5.69 Å². The van der Waals surface area contributed by atoms with E-state index >= 15 is 0 Å². The molecule has 21 heavy (non-hydrogen) atoms. The van der Waals surface area contributed by atoms with Crippen LogP contribution in [0.25, 0.3) is 10.9 Å². The van der Waals surface area contributed by atoms with Gasteiger partial charge in [0.05, 0.1) is 12.6 Å². The van der Waals surface area contributed by atoms with Crippen LogP contribution < -0.4 is 0 Å². The van der Waals surface area contributed by atoms with E-state index in [9.17, 15) is 13.7 Å². The predicted molar refractivity (Wildman–Crippen MR) is 77.9 cm³/mol. The molecule has 0 saturated carbocycles. The molecule has 1 aromatic carbocycles. The summed E-state index contributed by atoms with van der Waals surface area (Å²) in [6, 6.07) is 11.7. The first-order valence-electron chi connectivity index (χ1n) is 6.55. The summed E-state index contributed by atoms with van der Waals surface area (Å²) >= 11 is 0. The number of benzene rings is 1. The summed E-state index contributed by atoms with van der Waals surface area (Å²) in [6.45, 7) is 0.746. The summed E-state index contributed by atoms with van der Waals surface area (Å²) in [7, 11) is -1.75. The van der Waals surface area contributed by atoms with E-state index in [0.717, 1.165) is 10.9 Å². The van der Waals surface area contributed by atoms with Crippen molar-refractivity contribution in [3.63, 3.8) is 0 Å². The second-order valence-corrected chi connectivity index (χ2v) is 7.13. The van der Waals surface area contributed by atoms with Gasteiger partial charge < -0.3 is 9.30 Å². The minimum absolute atomic E-state index is 0.263. The summed E-state index contributed by atoms with van der Waals surface area (Å²) in [6.07, 6.45) is -0.263. The van der Waals surface area contributed by atoms with Crippen molar-refractivity contribution in [1.29, 1.82) is 5.26 Å². The van der Waals surface area contributed by atoms with Crippen molar-refractivity contribution < 1.29 is 13.2 Å². The third-order valence-electron chi connectivity index (χ3n) is 3.70. The maximum atomic E-state index is 11.6. The first kappa shape index (κ1) is 14.1. The van der Waals surface area contributed by atoms with E-state index in [1.165, 1.54) is 4.31 Å². The largest absolute Gasteiger partial charge is 0.358 e. The normalized spacial score (nSPS) is 22.2. The summed E-state index contributed by atoms with van der Waals surface area (Å²) in [5, 5.41) is 10.3. The molecule has 2 heterocycles. The van der Waals surface area contributed by atoms with Crippen molar-refractivity contribution in [3.8, 4) is 6.07 Å². The van der Waals surface area contributed by atoms with Crippen molar-refractivity contribution in [2.24, 2.45) is 0 Å². The summed E-state index contributed by atoms with van der Waals surface area (Å²) in [5.41, 5.74) is 1.50. The van der Waals surface area contributed by atoms with Gasteiger partial charge in [-0.1, -0.05) is 18.2 Å². The Kier molecular flexibility index (Phi) is 3.45. The van der Waals surface area contributed by atoms with E-state index in [4.69, 9.17) is 4.74 Å². The van der Waals surface area contributed by atoms with Gasteiger partial charge in [0.15, 0.2) is 5.94 Å². The molecule has 0 amide bonds. The van der Waals surface area contributed by atoms with E-state index in [1.807, 2.05) is 34.9 Å². The molecule has 1 unspecified atom stereocenters. The van der Waals surface area contributed by atoms with Crippen LogP contribution in [0.4, 0.5) is 0 Å². The van der Waals surface area contributed by atoms with E-state index < -0.39 is 10.0 Å². The number of nitrogens with zero attached hydrogens (tertiary/aromatic N) is 3. The fraction of sp³-hybridized carbons (Fsp3) is 0.357. The number of para-hydroxylation sites is 1. The van der Waals surface area contributed by atoms with Gasteiger partial charge in [-0.2, -0.15) is 5.26 Å². The predicted octanol–water partition coefficient (Wildman–Crippen LogP) is 1.13. The van der Waals surface area contributed by atoms with Crippen molar-refractivity contribution in [1.82, 2.24) is 8.87 Å². The summed E-state index contributed by atoms with van der Waals surface area (Å²) in [5.74, 6) is -0.310. The molecule has 0 bridgehead atoms. The molecule has 0 spiro atoms. The molecule has 110 valence electrons. The molecule has 1 atom stereocenters. The Hall–Kier alpha value is -1.88. The Morgan fingerprint density at radius 1 is 1.43 bits per heavy atom. The molecule has 0 aliphatic carbocycles. The zero-order valence-corrected chi connectivity index (χ0v) is 12.4. The van der Waals surface area contributed by atoms with E-state index in [1.54, 1.807) is 7.05 Å². The first-order valence-corrected chi connectivity index (χ1v) is 8.16. The Bertz CT molecular complexity index is 820. The van der Waals surface area contributed by atoms with Crippen LogP contribution >= 0.6 is 0 Å². The Balaban J connectivity index is 1.91. The maximum Gasteiger partial charge on any atom is 0.238 e. The highest BCUT2D eigenvalue weighted by atomic mass is 32.2. The number of likely N-dealkylation sites (N-methyl/N-ethyl adjacent to an activating group) is 1. The number of nitriles is 1. The third-order valence-corrected chi connectivity index (χ3v) is 5.23. The highest BCUT2D eigenvalue weighted by molar-refractivity contribution is 7.88.